The molecule has 0 saturated heterocycles. The van der Waals surface area contributed by atoms with Gasteiger partial charge < -0.3 is 10.1 Å². The van der Waals surface area contributed by atoms with E-state index in [9.17, 15) is 0 Å². The highest BCUT2D eigenvalue weighted by atomic mass is 16.5. The van der Waals surface area contributed by atoms with Crippen LogP contribution in [0, 0.1) is 5.92 Å². The highest BCUT2D eigenvalue weighted by Gasteiger charge is 2.01. The van der Waals surface area contributed by atoms with E-state index in [2.05, 4.69) is 29.1 Å². The maximum absolute atomic E-state index is 5.29. The zero-order valence-corrected chi connectivity index (χ0v) is 9.66. The lowest BCUT2D eigenvalue weighted by atomic mass is 10.1. The van der Waals surface area contributed by atoms with Crippen molar-refractivity contribution in [1.29, 1.82) is 0 Å². The Kier molecular flexibility index (Phi) is 4.87. The van der Waals surface area contributed by atoms with Crippen molar-refractivity contribution in [2.45, 2.75) is 27.2 Å². The zero-order valence-electron chi connectivity index (χ0n) is 9.66. The summed E-state index contributed by atoms with van der Waals surface area (Å²) in [5.41, 5.74) is 0. The minimum absolute atomic E-state index is 0.624. The fourth-order valence-corrected chi connectivity index (χ4v) is 1.07. The lowest BCUT2D eigenvalue weighted by Gasteiger charge is -2.10. The van der Waals surface area contributed by atoms with Crippen molar-refractivity contribution in [1.82, 2.24) is 9.97 Å². The largest absolute Gasteiger partial charge is 0.478 e. The van der Waals surface area contributed by atoms with Crippen LogP contribution in [0.4, 0.5) is 5.95 Å². The second-order valence-corrected chi connectivity index (χ2v) is 3.55. The van der Waals surface area contributed by atoms with Crippen molar-refractivity contribution in [3.8, 4) is 5.88 Å². The Bertz CT molecular complexity index is 291. The van der Waals surface area contributed by atoms with Crippen LogP contribution in [-0.2, 0) is 0 Å². The van der Waals surface area contributed by atoms with Crippen LogP contribution in [0.15, 0.2) is 12.3 Å². The molecule has 4 heteroatoms. The van der Waals surface area contributed by atoms with Gasteiger partial charge in [-0.05, 0) is 12.8 Å². The monoisotopic (exact) mass is 209 g/mol. The first kappa shape index (κ1) is 11.8. The first-order chi connectivity index (χ1) is 7.26. The number of rotatable bonds is 6. The van der Waals surface area contributed by atoms with Gasteiger partial charge in [-0.15, -0.1) is 0 Å². The van der Waals surface area contributed by atoms with Gasteiger partial charge in [0.05, 0.1) is 6.61 Å². The molecule has 1 atom stereocenters. The molecule has 0 saturated carbocycles. The summed E-state index contributed by atoms with van der Waals surface area (Å²) < 4.78 is 5.29. The minimum Gasteiger partial charge on any atom is -0.478 e. The Morgan fingerprint density at radius 3 is 2.93 bits per heavy atom. The fourth-order valence-electron chi connectivity index (χ4n) is 1.07. The van der Waals surface area contributed by atoms with Crippen LogP contribution in [0.25, 0.3) is 0 Å². The summed E-state index contributed by atoms with van der Waals surface area (Å²) >= 11 is 0. The number of nitrogens with zero attached hydrogens (tertiary/aromatic N) is 2. The summed E-state index contributed by atoms with van der Waals surface area (Å²) in [5.74, 6) is 1.89. The highest BCUT2D eigenvalue weighted by Crippen LogP contribution is 2.09. The van der Waals surface area contributed by atoms with Crippen LogP contribution in [0.5, 0.6) is 5.88 Å². The molecular weight excluding hydrogens is 190 g/mol. The van der Waals surface area contributed by atoms with Gasteiger partial charge in [0, 0.05) is 18.8 Å². The SMILES string of the molecule is CCOc1ccnc(NCC(C)CC)n1. The summed E-state index contributed by atoms with van der Waals surface area (Å²) in [6.07, 6.45) is 2.86. The molecule has 0 aromatic carbocycles. The molecule has 0 bridgehead atoms. The standard InChI is InChI=1S/C11H19N3O/c1-4-9(3)8-13-11-12-7-6-10(14-11)15-5-2/h6-7,9H,4-5,8H2,1-3H3,(H,12,13,14). The lowest BCUT2D eigenvalue weighted by molar-refractivity contribution is 0.326. The van der Waals surface area contributed by atoms with E-state index < -0.39 is 0 Å². The second-order valence-electron chi connectivity index (χ2n) is 3.55. The van der Waals surface area contributed by atoms with Gasteiger partial charge in [0.25, 0.3) is 0 Å². The first-order valence-corrected chi connectivity index (χ1v) is 5.46. The Balaban J connectivity index is 2.50. The Morgan fingerprint density at radius 2 is 2.27 bits per heavy atom. The average molecular weight is 209 g/mol. The lowest BCUT2D eigenvalue weighted by Crippen LogP contribution is -2.12. The van der Waals surface area contributed by atoms with Crippen LogP contribution >= 0.6 is 0 Å². The van der Waals surface area contributed by atoms with Crippen molar-refractivity contribution < 1.29 is 4.74 Å². The molecule has 15 heavy (non-hydrogen) atoms. The summed E-state index contributed by atoms with van der Waals surface area (Å²) in [4.78, 5) is 8.35. The van der Waals surface area contributed by atoms with Crippen molar-refractivity contribution in [3.05, 3.63) is 12.3 Å². The smallest absolute Gasteiger partial charge is 0.225 e. The van der Waals surface area contributed by atoms with E-state index in [4.69, 9.17) is 4.74 Å². The van der Waals surface area contributed by atoms with Gasteiger partial charge in [-0.25, -0.2) is 4.98 Å². The van der Waals surface area contributed by atoms with Gasteiger partial charge in [0.2, 0.25) is 11.8 Å². The van der Waals surface area contributed by atoms with Gasteiger partial charge in [0.1, 0.15) is 0 Å². The number of nitrogens with one attached hydrogen (secondary N) is 1. The van der Waals surface area contributed by atoms with Crippen molar-refractivity contribution >= 4 is 5.95 Å². The van der Waals surface area contributed by atoms with Gasteiger partial charge >= 0.3 is 0 Å². The number of hydrogen-bond donors (Lipinski definition) is 1. The third kappa shape index (κ3) is 4.14. The Morgan fingerprint density at radius 1 is 1.47 bits per heavy atom. The van der Waals surface area contributed by atoms with E-state index in [0.717, 1.165) is 13.0 Å². The second kappa shape index (κ2) is 6.22. The zero-order chi connectivity index (χ0) is 11.1. The predicted molar refractivity (Wildman–Crippen MR) is 61.1 cm³/mol. The van der Waals surface area contributed by atoms with E-state index in [1.54, 1.807) is 12.3 Å². The summed E-state index contributed by atoms with van der Waals surface area (Å²) in [6, 6.07) is 1.76. The van der Waals surface area contributed by atoms with Crippen LogP contribution in [0.2, 0.25) is 0 Å². The Hall–Kier alpha value is -1.32. The molecule has 84 valence electrons. The molecule has 0 radical (unpaired) electrons. The van der Waals surface area contributed by atoms with E-state index in [0.29, 0.717) is 24.4 Å². The summed E-state index contributed by atoms with van der Waals surface area (Å²) in [6.45, 7) is 7.82. The number of aromatic nitrogens is 2. The molecular formula is C11H19N3O. The Labute approximate surface area is 91.1 Å². The normalized spacial score (nSPS) is 12.2. The molecule has 0 amide bonds. The number of hydrogen-bond acceptors (Lipinski definition) is 4. The van der Waals surface area contributed by atoms with Gasteiger partial charge in [-0.3, -0.25) is 0 Å². The van der Waals surface area contributed by atoms with E-state index in [1.807, 2.05) is 6.92 Å². The molecule has 0 aliphatic rings. The average Bonchev–Trinajstić information content (AvgIpc) is 2.27. The van der Waals surface area contributed by atoms with E-state index in [-0.39, 0.29) is 0 Å². The molecule has 1 unspecified atom stereocenters. The van der Waals surface area contributed by atoms with E-state index in [1.165, 1.54) is 0 Å². The molecule has 1 N–H and O–H groups in total. The number of anilines is 1. The summed E-state index contributed by atoms with van der Waals surface area (Å²) in [7, 11) is 0. The van der Waals surface area contributed by atoms with Crippen molar-refractivity contribution in [2.24, 2.45) is 5.92 Å². The molecule has 0 spiro atoms. The third-order valence-corrected chi connectivity index (χ3v) is 2.23. The minimum atomic E-state index is 0.624. The molecule has 0 aliphatic carbocycles. The molecule has 0 aliphatic heterocycles. The van der Waals surface area contributed by atoms with Gasteiger partial charge in [0.15, 0.2) is 0 Å². The van der Waals surface area contributed by atoms with Gasteiger partial charge in [-0.2, -0.15) is 4.98 Å². The molecule has 0 fully saturated rings. The topological polar surface area (TPSA) is 47.0 Å². The van der Waals surface area contributed by atoms with Crippen LogP contribution in [0.3, 0.4) is 0 Å². The van der Waals surface area contributed by atoms with Gasteiger partial charge in [-0.1, -0.05) is 20.3 Å². The van der Waals surface area contributed by atoms with Crippen LogP contribution in [-0.4, -0.2) is 23.1 Å². The van der Waals surface area contributed by atoms with Crippen molar-refractivity contribution in [2.75, 3.05) is 18.5 Å². The van der Waals surface area contributed by atoms with Crippen LogP contribution < -0.4 is 10.1 Å². The molecule has 1 aromatic heterocycles. The predicted octanol–water partition coefficient (Wildman–Crippen LogP) is 2.33. The molecule has 1 aromatic rings. The van der Waals surface area contributed by atoms with Crippen molar-refractivity contribution in [3.63, 3.8) is 0 Å². The fraction of sp³-hybridized carbons (Fsp3) is 0.636. The van der Waals surface area contributed by atoms with E-state index >= 15 is 0 Å². The maximum atomic E-state index is 5.29. The number of ether oxygens (including phenoxy) is 1. The molecule has 1 rings (SSSR count). The summed E-state index contributed by atoms with van der Waals surface area (Å²) in [5, 5.41) is 3.19. The maximum Gasteiger partial charge on any atom is 0.225 e. The quantitative estimate of drug-likeness (QED) is 0.781. The van der Waals surface area contributed by atoms with Crippen LogP contribution in [0.1, 0.15) is 27.2 Å². The third-order valence-electron chi connectivity index (χ3n) is 2.23. The molecule has 4 nitrogen and oxygen atoms in total. The highest BCUT2D eigenvalue weighted by molar-refractivity contribution is 5.27. The molecule has 1 heterocycles. The first-order valence-electron chi connectivity index (χ1n) is 5.46.